The Kier molecular flexibility index (Phi) is 13.5. The Bertz CT molecular complexity index is 597. The molecule has 0 aliphatic heterocycles. The second kappa shape index (κ2) is 12.3. The third-order valence-electron chi connectivity index (χ3n) is 4.49. The number of hydrogen-bond donors (Lipinski definition) is 0. The molecule has 0 saturated carbocycles. The van der Waals surface area contributed by atoms with E-state index in [2.05, 4.69) is 101 Å². The van der Waals surface area contributed by atoms with E-state index in [9.17, 15) is 0 Å². The third-order valence-corrected chi connectivity index (χ3v) is 11.8. The van der Waals surface area contributed by atoms with Crippen LogP contribution >= 0.6 is 15.8 Å². The zero-order chi connectivity index (χ0) is 22.0. The van der Waals surface area contributed by atoms with Gasteiger partial charge in [-0.25, -0.2) is 12.1 Å². The van der Waals surface area contributed by atoms with Crippen molar-refractivity contribution in [1.82, 2.24) is 0 Å². The summed E-state index contributed by atoms with van der Waals surface area (Å²) in [5, 5.41) is 4.63. The van der Waals surface area contributed by atoms with Gasteiger partial charge in [0.2, 0.25) is 0 Å². The van der Waals surface area contributed by atoms with E-state index in [1.165, 1.54) is 0 Å². The maximum absolute atomic E-state index is 2.43. The second-order valence-electron chi connectivity index (χ2n) is 11.6. The van der Waals surface area contributed by atoms with E-state index in [4.69, 9.17) is 0 Å². The summed E-state index contributed by atoms with van der Waals surface area (Å²) < 4.78 is 0. The topological polar surface area (TPSA) is 0 Å². The van der Waals surface area contributed by atoms with Crippen molar-refractivity contribution in [3.8, 4) is 0 Å². The van der Waals surface area contributed by atoms with Gasteiger partial charge in [0.05, 0.1) is 0 Å². The van der Waals surface area contributed by atoms with Gasteiger partial charge in [-0.3, -0.25) is 0 Å². The Labute approximate surface area is 215 Å². The smallest absolute Gasteiger partial charge is 0 e. The summed E-state index contributed by atoms with van der Waals surface area (Å²) in [5.74, 6) is 0. The standard InChI is InChI=1S/C21H39P2.C5H5.Fe.Pd/c1-18(2,3)22(19(4,5)6)16-14-13-15-17(16)23(20(7,8)9)21(10,11)12;1-2-4-5-3-1;;/h13-15H,1-12H3;1-5H;;/q-1;-5;;. The van der Waals surface area contributed by atoms with Crippen LogP contribution < -0.4 is 10.6 Å². The largest absolute Gasteiger partial charge is 0.748 e. The van der Waals surface area contributed by atoms with Gasteiger partial charge in [0.25, 0.3) is 0 Å². The van der Waals surface area contributed by atoms with Crippen LogP contribution in [-0.2, 0) is 37.5 Å². The Morgan fingerprint density at radius 1 is 0.633 bits per heavy atom. The van der Waals surface area contributed by atoms with E-state index >= 15 is 0 Å². The number of rotatable bonds is 2. The molecule has 2 aromatic rings. The fourth-order valence-corrected chi connectivity index (χ4v) is 13.2. The van der Waals surface area contributed by atoms with E-state index in [1.807, 2.05) is 30.3 Å². The van der Waals surface area contributed by atoms with Crippen LogP contribution in [0.4, 0.5) is 0 Å². The molecule has 0 amide bonds. The Morgan fingerprint density at radius 2 is 0.967 bits per heavy atom. The van der Waals surface area contributed by atoms with E-state index in [0.29, 0.717) is 20.6 Å². The van der Waals surface area contributed by atoms with E-state index in [-0.39, 0.29) is 53.3 Å². The zero-order valence-corrected chi connectivity index (χ0v) is 25.6. The first-order chi connectivity index (χ1) is 12.5. The van der Waals surface area contributed by atoms with Crippen molar-refractivity contribution in [2.75, 3.05) is 0 Å². The van der Waals surface area contributed by atoms with Crippen molar-refractivity contribution in [2.24, 2.45) is 0 Å². The average Bonchev–Trinajstić information content (AvgIpc) is 3.07. The van der Waals surface area contributed by atoms with Crippen molar-refractivity contribution in [3.05, 3.63) is 48.5 Å². The average molecular weight is 581 g/mol. The molecule has 0 heterocycles. The summed E-state index contributed by atoms with van der Waals surface area (Å²) in [6, 6.07) is 17.2. The predicted molar refractivity (Wildman–Crippen MR) is 136 cm³/mol. The third kappa shape index (κ3) is 9.70. The van der Waals surface area contributed by atoms with Gasteiger partial charge in [0, 0.05) is 37.5 Å². The van der Waals surface area contributed by atoms with Gasteiger partial charge in [-0.15, -0.1) is 18.5 Å². The number of hydrogen-bond acceptors (Lipinski definition) is 0. The van der Waals surface area contributed by atoms with Crippen LogP contribution in [-0.4, -0.2) is 20.6 Å². The molecule has 0 nitrogen and oxygen atoms in total. The van der Waals surface area contributed by atoms with Crippen molar-refractivity contribution in [2.45, 2.75) is 104 Å². The zero-order valence-electron chi connectivity index (χ0n) is 21.2. The van der Waals surface area contributed by atoms with Crippen LogP contribution in [0.25, 0.3) is 0 Å². The van der Waals surface area contributed by atoms with E-state index < -0.39 is 0 Å². The molecule has 0 aliphatic rings. The minimum Gasteiger partial charge on any atom is -0.748 e. The molecular formula is C26H44FeP2Pd-6. The predicted octanol–water partition coefficient (Wildman–Crippen LogP) is 8.21. The molecule has 0 aromatic heterocycles. The van der Waals surface area contributed by atoms with Crippen LogP contribution in [0, 0.1) is 0 Å². The van der Waals surface area contributed by atoms with Gasteiger partial charge in [-0.2, -0.15) is 6.07 Å². The van der Waals surface area contributed by atoms with Gasteiger partial charge >= 0.3 is 0 Å². The molecule has 0 N–H and O–H groups in total. The summed E-state index contributed by atoms with van der Waals surface area (Å²) in [5.41, 5.74) is 0. The molecule has 4 heteroatoms. The van der Waals surface area contributed by atoms with Crippen LogP contribution in [0.15, 0.2) is 48.5 Å². The van der Waals surface area contributed by atoms with Gasteiger partial charge in [-0.05, 0) is 20.6 Å². The van der Waals surface area contributed by atoms with Crippen molar-refractivity contribution < 1.29 is 37.5 Å². The molecule has 182 valence electrons. The minimum atomic E-state index is -0.232. The molecule has 0 bridgehead atoms. The monoisotopic (exact) mass is 580 g/mol. The first-order valence-electron chi connectivity index (χ1n) is 10.5. The van der Waals surface area contributed by atoms with Gasteiger partial charge < -0.3 is 30.3 Å². The normalized spacial score (nSPS) is 12.7. The van der Waals surface area contributed by atoms with E-state index in [1.54, 1.807) is 10.6 Å². The molecule has 2 aromatic carbocycles. The molecule has 0 spiro atoms. The fraction of sp³-hybridized carbons (Fsp3) is 0.615. The van der Waals surface area contributed by atoms with Crippen LogP contribution in [0.5, 0.6) is 0 Å². The molecule has 0 radical (unpaired) electrons. The summed E-state index contributed by atoms with van der Waals surface area (Å²) >= 11 is 0. The second-order valence-corrected chi connectivity index (χ2v) is 19.3. The summed E-state index contributed by atoms with van der Waals surface area (Å²) in [6.45, 7) is 29.1. The Morgan fingerprint density at radius 3 is 1.23 bits per heavy atom. The maximum Gasteiger partial charge on any atom is 0 e. The van der Waals surface area contributed by atoms with Crippen molar-refractivity contribution in [1.29, 1.82) is 0 Å². The van der Waals surface area contributed by atoms with Crippen LogP contribution in [0.1, 0.15) is 83.1 Å². The maximum atomic E-state index is 2.43. The van der Waals surface area contributed by atoms with Gasteiger partial charge in [-0.1, -0.05) is 91.0 Å². The van der Waals surface area contributed by atoms with E-state index in [0.717, 1.165) is 0 Å². The Hall–Kier alpha value is 0.742. The summed E-state index contributed by atoms with van der Waals surface area (Å²) in [7, 11) is -0.464. The molecule has 0 saturated heterocycles. The molecule has 0 aliphatic carbocycles. The van der Waals surface area contributed by atoms with Crippen molar-refractivity contribution in [3.63, 3.8) is 0 Å². The summed E-state index contributed by atoms with van der Waals surface area (Å²) in [4.78, 5) is 0. The van der Waals surface area contributed by atoms with Crippen LogP contribution in [0.3, 0.4) is 0 Å². The molecular weight excluding hydrogens is 536 g/mol. The quantitative estimate of drug-likeness (QED) is 0.191. The molecule has 30 heavy (non-hydrogen) atoms. The molecule has 2 rings (SSSR count). The molecule has 0 atom stereocenters. The van der Waals surface area contributed by atoms with Crippen LogP contribution in [0.2, 0.25) is 0 Å². The molecule has 0 fully saturated rings. The fourth-order valence-electron chi connectivity index (χ4n) is 4.56. The van der Waals surface area contributed by atoms with Gasteiger partial charge in [0.15, 0.2) is 0 Å². The first-order valence-corrected chi connectivity index (χ1v) is 13.2. The Balaban J connectivity index is 0. The SMILES string of the molecule is CC(C)(C)P(c1ccc[c-]1P(C(C)(C)C)C(C)(C)C)C(C)(C)C.[Fe].[Pd].[cH-]1[cH-][cH-][cH-][cH-]1. The minimum absolute atomic E-state index is 0. The molecule has 0 unspecified atom stereocenters. The summed E-state index contributed by atoms with van der Waals surface area (Å²) in [6.07, 6.45) is 0. The van der Waals surface area contributed by atoms with Gasteiger partial charge in [0.1, 0.15) is 0 Å². The first kappa shape index (κ1) is 32.9. The van der Waals surface area contributed by atoms with Crippen molar-refractivity contribution >= 4 is 26.5 Å².